The second-order valence-electron chi connectivity index (χ2n) is 5.25. The van der Waals surface area contributed by atoms with Crippen LogP contribution in [0.4, 0.5) is 14.7 Å². The number of aromatic amines is 1. The average molecular weight is 293 g/mol. The molecule has 0 amide bonds. The maximum absolute atomic E-state index is 13.7. The van der Waals surface area contributed by atoms with Gasteiger partial charge in [-0.15, -0.1) is 5.10 Å². The highest BCUT2D eigenvalue weighted by Crippen LogP contribution is 2.24. The maximum atomic E-state index is 13.7. The molecule has 2 heterocycles. The third kappa shape index (κ3) is 2.73. The van der Waals surface area contributed by atoms with Crippen LogP contribution in [0.25, 0.3) is 11.4 Å². The maximum Gasteiger partial charge on any atom is 0.245 e. The molecule has 3 N–H and O–H groups in total. The first kappa shape index (κ1) is 13.9. The number of H-pyrrole nitrogens is 1. The van der Waals surface area contributed by atoms with E-state index in [2.05, 4.69) is 15.2 Å². The van der Waals surface area contributed by atoms with Crippen LogP contribution in [0.3, 0.4) is 0 Å². The van der Waals surface area contributed by atoms with Crippen LogP contribution in [0, 0.1) is 17.6 Å². The zero-order valence-corrected chi connectivity index (χ0v) is 11.5. The normalized spacial score (nSPS) is 16.4. The van der Waals surface area contributed by atoms with Crippen LogP contribution in [0.2, 0.25) is 0 Å². The quantitative estimate of drug-likeness (QED) is 0.907. The van der Waals surface area contributed by atoms with E-state index in [9.17, 15) is 8.78 Å². The fourth-order valence-electron chi connectivity index (χ4n) is 2.57. The highest BCUT2D eigenvalue weighted by atomic mass is 19.2. The summed E-state index contributed by atoms with van der Waals surface area (Å²) in [6.45, 7) is 2.34. The topological polar surface area (TPSA) is 70.8 Å². The van der Waals surface area contributed by atoms with Crippen molar-refractivity contribution in [2.24, 2.45) is 11.7 Å². The van der Waals surface area contributed by atoms with E-state index < -0.39 is 11.6 Å². The molecule has 7 heteroatoms. The molecule has 0 unspecified atom stereocenters. The van der Waals surface area contributed by atoms with Crippen LogP contribution in [-0.2, 0) is 0 Å². The minimum absolute atomic E-state index is 0.0885. The van der Waals surface area contributed by atoms with Gasteiger partial charge in [-0.1, -0.05) is 6.07 Å². The standard InChI is InChI=1S/C14H17F2N5/c15-11-3-1-2-10(12(11)16)13-18-14(20-19-13)21-6-4-9(8-17)5-7-21/h1-3,9H,4-8,17H2,(H,18,19,20). The number of aromatic nitrogens is 3. The molecule has 0 spiro atoms. The first-order valence-electron chi connectivity index (χ1n) is 7.01. The Morgan fingerprint density at radius 2 is 2.05 bits per heavy atom. The Bertz CT molecular complexity index is 620. The van der Waals surface area contributed by atoms with Gasteiger partial charge in [-0.3, -0.25) is 5.10 Å². The van der Waals surface area contributed by atoms with Crippen molar-refractivity contribution in [3.63, 3.8) is 0 Å². The summed E-state index contributed by atoms with van der Waals surface area (Å²) in [6.07, 6.45) is 1.99. The first-order valence-corrected chi connectivity index (χ1v) is 7.01. The number of anilines is 1. The molecule has 3 rings (SSSR count). The van der Waals surface area contributed by atoms with Crippen molar-refractivity contribution < 1.29 is 8.78 Å². The molecule has 112 valence electrons. The summed E-state index contributed by atoms with van der Waals surface area (Å²) in [4.78, 5) is 6.31. The van der Waals surface area contributed by atoms with Gasteiger partial charge in [0.2, 0.25) is 5.95 Å². The van der Waals surface area contributed by atoms with Crippen molar-refractivity contribution >= 4 is 5.95 Å². The van der Waals surface area contributed by atoms with Crippen LogP contribution in [0.15, 0.2) is 18.2 Å². The summed E-state index contributed by atoms with van der Waals surface area (Å²) >= 11 is 0. The lowest BCUT2D eigenvalue weighted by atomic mass is 9.97. The monoisotopic (exact) mass is 293 g/mol. The number of rotatable bonds is 3. The van der Waals surface area contributed by atoms with E-state index in [-0.39, 0.29) is 11.4 Å². The molecule has 2 aromatic rings. The molecule has 1 aliphatic rings. The van der Waals surface area contributed by atoms with E-state index in [0.717, 1.165) is 32.0 Å². The van der Waals surface area contributed by atoms with E-state index >= 15 is 0 Å². The fourth-order valence-corrected chi connectivity index (χ4v) is 2.57. The molecular formula is C14H17F2N5. The van der Waals surface area contributed by atoms with Crippen molar-refractivity contribution in [1.29, 1.82) is 0 Å². The highest BCUT2D eigenvalue weighted by Gasteiger charge is 2.22. The number of nitrogens with one attached hydrogen (secondary N) is 1. The molecule has 1 saturated heterocycles. The Morgan fingerprint density at radius 1 is 1.29 bits per heavy atom. The Hall–Kier alpha value is -2.02. The Kier molecular flexibility index (Phi) is 3.83. The molecule has 1 fully saturated rings. The number of piperidine rings is 1. The zero-order chi connectivity index (χ0) is 14.8. The van der Waals surface area contributed by atoms with Gasteiger partial charge in [0.05, 0.1) is 5.56 Å². The fraction of sp³-hybridized carbons (Fsp3) is 0.429. The van der Waals surface area contributed by atoms with Crippen LogP contribution in [0.1, 0.15) is 12.8 Å². The second-order valence-corrected chi connectivity index (χ2v) is 5.25. The molecule has 1 aromatic heterocycles. The van der Waals surface area contributed by atoms with E-state index in [0.29, 0.717) is 18.4 Å². The Labute approximate surface area is 121 Å². The van der Waals surface area contributed by atoms with Crippen molar-refractivity contribution in [2.75, 3.05) is 24.5 Å². The van der Waals surface area contributed by atoms with Gasteiger partial charge in [0.1, 0.15) is 0 Å². The molecule has 1 aromatic carbocycles. The van der Waals surface area contributed by atoms with Crippen LogP contribution < -0.4 is 10.6 Å². The average Bonchev–Trinajstić information content (AvgIpc) is 3.00. The second kappa shape index (κ2) is 5.77. The smallest absolute Gasteiger partial charge is 0.245 e. The lowest BCUT2D eigenvalue weighted by molar-refractivity contribution is 0.411. The van der Waals surface area contributed by atoms with Gasteiger partial charge in [-0.2, -0.15) is 4.98 Å². The lowest BCUT2D eigenvalue weighted by Gasteiger charge is -2.30. The summed E-state index contributed by atoms with van der Waals surface area (Å²) in [5.41, 5.74) is 5.75. The molecule has 0 radical (unpaired) electrons. The minimum Gasteiger partial charge on any atom is -0.340 e. The first-order chi connectivity index (χ1) is 10.2. The van der Waals surface area contributed by atoms with Crippen LogP contribution in [0.5, 0.6) is 0 Å². The van der Waals surface area contributed by atoms with Crippen molar-refractivity contribution in [2.45, 2.75) is 12.8 Å². The van der Waals surface area contributed by atoms with Gasteiger partial charge in [0.15, 0.2) is 17.5 Å². The van der Waals surface area contributed by atoms with Crippen molar-refractivity contribution in [1.82, 2.24) is 15.2 Å². The molecule has 0 bridgehead atoms. The molecule has 5 nitrogen and oxygen atoms in total. The molecule has 21 heavy (non-hydrogen) atoms. The number of benzene rings is 1. The SMILES string of the molecule is NCC1CCN(c2n[nH]c(-c3cccc(F)c3F)n2)CC1. The Balaban J connectivity index is 1.79. The zero-order valence-electron chi connectivity index (χ0n) is 11.5. The van der Waals surface area contributed by atoms with Crippen molar-refractivity contribution in [3.8, 4) is 11.4 Å². The van der Waals surface area contributed by atoms with Crippen LogP contribution >= 0.6 is 0 Å². The third-order valence-corrected chi connectivity index (χ3v) is 3.91. The van der Waals surface area contributed by atoms with Gasteiger partial charge < -0.3 is 10.6 Å². The predicted molar refractivity (Wildman–Crippen MR) is 75.7 cm³/mol. The van der Waals surface area contributed by atoms with Crippen LogP contribution in [-0.4, -0.2) is 34.8 Å². The number of nitrogens with two attached hydrogens (primary N) is 1. The summed E-state index contributed by atoms with van der Waals surface area (Å²) in [5, 5.41) is 6.79. The van der Waals surface area contributed by atoms with E-state index in [4.69, 9.17) is 5.73 Å². The van der Waals surface area contributed by atoms with Gasteiger partial charge in [-0.25, -0.2) is 8.78 Å². The summed E-state index contributed by atoms with van der Waals surface area (Å²) in [5.74, 6) is -0.511. The lowest BCUT2D eigenvalue weighted by Crippen LogP contribution is -2.36. The van der Waals surface area contributed by atoms with E-state index in [1.165, 1.54) is 12.1 Å². The number of hydrogen-bond acceptors (Lipinski definition) is 4. The van der Waals surface area contributed by atoms with Gasteiger partial charge in [0.25, 0.3) is 0 Å². The third-order valence-electron chi connectivity index (χ3n) is 3.91. The summed E-state index contributed by atoms with van der Waals surface area (Å²) in [6, 6.07) is 4.00. The number of nitrogens with zero attached hydrogens (tertiary/aromatic N) is 3. The predicted octanol–water partition coefficient (Wildman–Crippen LogP) is 1.92. The number of halogens is 2. The summed E-state index contributed by atoms with van der Waals surface area (Å²) < 4.78 is 27.0. The summed E-state index contributed by atoms with van der Waals surface area (Å²) in [7, 11) is 0. The number of hydrogen-bond donors (Lipinski definition) is 2. The van der Waals surface area contributed by atoms with E-state index in [1.54, 1.807) is 0 Å². The molecule has 0 atom stereocenters. The molecule has 1 aliphatic heterocycles. The van der Waals surface area contributed by atoms with Gasteiger partial charge >= 0.3 is 0 Å². The largest absolute Gasteiger partial charge is 0.340 e. The van der Waals surface area contributed by atoms with Crippen molar-refractivity contribution in [3.05, 3.63) is 29.8 Å². The van der Waals surface area contributed by atoms with Gasteiger partial charge in [0, 0.05) is 13.1 Å². The minimum atomic E-state index is -0.915. The van der Waals surface area contributed by atoms with E-state index in [1.807, 2.05) is 4.90 Å². The highest BCUT2D eigenvalue weighted by molar-refractivity contribution is 5.57. The molecule has 0 saturated carbocycles. The molecular weight excluding hydrogens is 276 g/mol. The van der Waals surface area contributed by atoms with Gasteiger partial charge in [-0.05, 0) is 37.4 Å². The Morgan fingerprint density at radius 3 is 2.76 bits per heavy atom. The molecule has 0 aliphatic carbocycles.